The predicted octanol–water partition coefficient (Wildman–Crippen LogP) is 5.22. The zero-order valence-corrected chi connectivity index (χ0v) is 20.1. The smallest absolute Gasteiger partial charge is 0.261 e. The molecule has 4 aromatic rings. The van der Waals surface area contributed by atoms with Crippen LogP contribution in [0.4, 0.5) is 17.3 Å². The first-order valence-electron chi connectivity index (χ1n) is 11.7. The number of aromatic nitrogens is 3. The van der Waals surface area contributed by atoms with Crippen molar-refractivity contribution in [2.45, 2.75) is 20.3 Å². The molecule has 1 aliphatic heterocycles. The maximum Gasteiger partial charge on any atom is 0.261 e. The molecule has 0 fully saturated rings. The molecule has 1 aromatic carbocycles. The highest BCUT2D eigenvalue weighted by Crippen LogP contribution is 2.37. The summed E-state index contributed by atoms with van der Waals surface area (Å²) in [6.07, 6.45) is 5.99. The van der Waals surface area contributed by atoms with Gasteiger partial charge in [0.05, 0.1) is 23.6 Å². The van der Waals surface area contributed by atoms with E-state index in [-0.39, 0.29) is 5.91 Å². The summed E-state index contributed by atoms with van der Waals surface area (Å²) in [5, 5.41) is 0. The number of rotatable bonds is 6. The van der Waals surface area contributed by atoms with Gasteiger partial charge in [-0.25, -0.2) is 9.97 Å². The van der Waals surface area contributed by atoms with Crippen molar-refractivity contribution in [3.05, 3.63) is 89.9 Å². The molecule has 35 heavy (non-hydrogen) atoms. The van der Waals surface area contributed by atoms with Crippen LogP contribution >= 0.6 is 0 Å². The average Bonchev–Trinajstić information content (AvgIpc) is 2.98. The number of pyridine rings is 3. The van der Waals surface area contributed by atoms with Crippen LogP contribution in [0.5, 0.6) is 5.75 Å². The number of carbonyl (C=O) groups is 1. The van der Waals surface area contributed by atoms with E-state index in [0.717, 1.165) is 39.6 Å². The van der Waals surface area contributed by atoms with E-state index in [1.807, 2.05) is 73.5 Å². The van der Waals surface area contributed by atoms with Crippen LogP contribution in [0.25, 0.3) is 11.3 Å². The first kappa shape index (κ1) is 22.5. The molecular weight excluding hydrogens is 438 g/mol. The molecule has 7 heteroatoms. The molecule has 0 saturated carbocycles. The van der Waals surface area contributed by atoms with Gasteiger partial charge in [-0.05, 0) is 73.5 Å². The van der Waals surface area contributed by atoms with E-state index in [9.17, 15) is 4.79 Å². The first-order valence-corrected chi connectivity index (χ1v) is 11.7. The third-order valence-electron chi connectivity index (χ3n) is 6.20. The summed E-state index contributed by atoms with van der Waals surface area (Å²) >= 11 is 0. The Morgan fingerprint density at radius 3 is 2.57 bits per heavy atom. The van der Waals surface area contributed by atoms with Gasteiger partial charge >= 0.3 is 0 Å². The third-order valence-corrected chi connectivity index (χ3v) is 6.20. The van der Waals surface area contributed by atoms with Crippen molar-refractivity contribution < 1.29 is 9.53 Å². The second-order valence-electron chi connectivity index (χ2n) is 8.46. The Kier molecular flexibility index (Phi) is 6.14. The standard InChI is InChI=1S/C28H27N5O2/c1-4-33-26-22(28(34)32(3)24-9-7-14-30-27(24)33)17-20(18-31-26)12-15-35-25-11-10-21(16-19(25)2)23-8-5-6-13-29-23/h5-11,13-14,16-18H,4,12,15H2,1-3H3. The number of nitrogens with zero attached hydrogens (tertiary/aromatic N) is 5. The number of ether oxygens (including phenoxy) is 1. The molecular formula is C28H27N5O2. The molecule has 0 radical (unpaired) electrons. The zero-order chi connectivity index (χ0) is 24.4. The van der Waals surface area contributed by atoms with Gasteiger partial charge in [-0.3, -0.25) is 9.78 Å². The van der Waals surface area contributed by atoms with Gasteiger partial charge in [0, 0.05) is 44.2 Å². The summed E-state index contributed by atoms with van der Waals surface area (Å²) in [7, 11) is 1.78. The fourth-order valence-electron chi connectivity index (χ4n) is 4.34. The number of anilines is 3. The second kappa shape index (κ2) is 9.54. The van der Waals surface area contributed by atoms with E-state index in [1.54, 1.807) is 24.3 Å². The molecule has 176 valence electrons. The van der Waals surface area contributed by atoms with E-state index in [1.165, 1.54) is 0 Å². The van der Waals surface area contributed by atoms with E-state index < -0.39 is 0 Å². The number of hydrogen-bond donors (Lipinski definition) is 0. The quantitative estimate of drug-likeness (QED) is 0.389. The van der Waals surface area contributed by atoms with Crippen LogP contribution in [-0.4, -0.2) is 41.1 Å². The van der Waals surface area contributed by atoms with Gasteiger partial charge in [-0.2, -0.15) is 0 Å². The van der Waals surface area contributed by atoms with Gasteiger partial charge in [0.1, 0.15) is 11.6 Å². The van der Waals surface area contributed by atoms with Crippen LogP contribution in [0.2, 0.25) is 0 Å². The maximum atomic E-state index is 13.3. The molecule has 0 saturated heterocycles. The van der Waals surface area contributed by atoms with Crippen LogP contribution < -0.4 is 14.5 Å². The van der Waals surface area contributed by atoms with Gasteiger partial charge in [-0.1, -0.05) is 6.07 Å². The van der Waals surface area contributed by atoms with E-state index in [4.69, 9.17) is 4.74 Å². The number of hydrogen-bond acceptors (Lipinski definition) is 6. The predicted molar refractivity (Wildman–Crippen MR) is 137 cm³/mol. The number of carbonyl (C=O) groups excluding carboxylic acids is 1. The molecule has 0 aliphatic carbocycles. The summed E-state index contributed by atoms with van der Waals surface area (Å²) in [4.78, 5) is 30.5. The highest BCUT2D eigenvalue weighted by molar-refractivity contribution is 6.12. The van der Waals surface area contributed by atoms with Crippen molar-refractivity contribution in [1.29, 1.82) is 0 Å². The van der Waals surface area contributed by atoms with Crippen molar-refractivity contribution in [3.63, 3.8) is 0 Å². The van der Waals surface area contributed by atoms with Crippen molar-refractivity contribution >= 4 is 23.2 Å². The molecule has 5 rings (SSSR count). The highest BCUT2D eigenvalue weighted by Gasteiger charge is 2.30. The van der Waals surface area contributed by atoms with Crippen molar-refractivity contribution in [3.8, 4) is 17.0 Å². The summed E-state index contributed by atoms with van der Waals surface area (Å²) in [6, 6.07) is 17.6. The van der Waals surface area contributed by atoms with Crippen LogP contribution in [0, 0.1) is 6.92 Å². The topological polar surface area (TPSA) is 71.5 Å². The maximum absolute atomic E-state index is 13.3. The molecule has 1 aliphatic rings. The summed E-state index contributed by atoms with van der Waals surface area (Å²) in [5.41, 5.74) is 5.33. The largest absolute Gasteiger partial charge is 0.493 e. The molecule has 0 spiro atoms. The number of aryl methyl sites for hydroxylation is 1. The minimum Gasteiger partial charge on any atom is -0.493 e. The number of amides is 1. The van der Waals surface area contributed by atoms with Crippen LogP contribution in [0.15, 0.2) is 73.2 Å². The molecule has 7 nitrogen and oxygen atoms in total. The number of fused-ring (bicyclic) bond motifs is 2. The second-order valence-corrected chi connectivity index (χ2v) is 8.46. The molecule has 0 atom stereocenters. The summed E-state index contributed by atoms with van der Waals surface area (Å²) < 4.78 is 6.08. The first-order chi connectivity index (χ1) is 17.1. The molecule has 4 heterocycles. The summed E-state index contributed by atoms with van der Waals surface area (Å²) in [6.45, 7) is 5.20. The summed E-state index contributed by atoms with van der Waals surface area (Å²) in [5.74, 6) is 2.11. The van der Waals surface area contributed by atoms with E-state index >= 15 is 0 Å². The van der Waals surface area contributed by atoms with Gasteiger partial charge in [0.2, 0.25) is 0 Å². The number of benzene rings is 1. The Bertz CT molecular complexity index is 1370. The third kappa shape index (κ3) is 4.33. The Morgan fingerprint density at radius 2 is 1.80 bits per heavy atom. The molecule has 0 unspecified atom stereocenters. The minimum absolute atomic E-state index is 0.0959. The van der Waals surface area contributed by atoms with Crippen molar-refractivity contribution in [2.75, 3.05) is 30.0 Å². The van der Waals surface area contributed by atoms with Gasteiger partial charge < -0.3 is 14.5 Å². The lowest BCUT2D eigenvalue weighted by atomic mass is 10.1. The van der Waals surface area contributed by atoms with Gasteiger partial charge in [0.25, 0.3) is 5.91 Å². The lowest BCUT2D eigenvalue weighted by Gasteiger charge is -2.22. The molecule has 1 amide bonds. The minimum atomic E-state index is -0.0959. The Hall–Kier alpha value is -4.26. The van der Waals surface area contributed by atoms with Crippen LogP contribution in [0.1, 0.15) is 28.4 Å². The Morgan fingerprint density at radius 1 is 0.943 bits per heavy atom. The lowest BCUT2D eigenvalue weighted by molar-refractivity contribution is 0.0994. The zero-order valence-electron chi connectivity index (χ0n) is 20.1. The average molecular weight is 466 g/mol. The Labute approximate surface area is 205 Å². The molecule has 3 aromatic heterocycles. The van der Waals surface area contributed by atoms with Gasteiger partial charge in [0.15, 0.2) is 5.82 Å². The fraction of sp³-hybridized carbons (Fsp3) is 0.214. The molecule has 0 bridgehead atoms. The molecule has 0 N–H and O–H groups in total. The fourth-order valence-corrected chi connectivity index (χ4v) is 4.34. The van der Waals surface area contributed by atoms with Gasteiger partial charge in [-0.15, -0.1) is 0 Å². The Balaban J connectivity index is 1.33. The van der Waals surface area contributed by atoms with E-state index in [2.05, 4.69) is 21.0 Å². The van der Waals surface area contributed by atoms with Crippen molar-refractivity contribution in [1.82, 2.24) is 15.0 Å². The highest BCUT2D eigenvalue weighted by atomic mass is 16.5. The van der Waals surface area contributed by atoms with Crippen LogP contribution in [0.3, 0.4) is 0 Å². The monoisotopic (exact) mass is 465 g/mol. The van der Waals surface area contributed by atoms with E-state index in [0.29, 0.717) is 31.0 Å². The normalized spacial score (nSPS) is 12.7. The lowest BCUT2D eigenvalue weighted by Crippen LogP contribution is -2.25. The SMILES string of the molecule is CCN1c2ncc(CCOc3ccc(-c4ccccn4)cc3C)cc2C(=O)N(C)c2cccnc21. The van der Waals surface area contributed by atoms with Crippen LogP contribution in [-0.2, 0) is 6.42 Å². The van der Waals surface area contributed by atoms with Crippen molar-refractivity contribution in [2.24, 2.45) is 0 Å².